The molecule has 2 fully saturated rings. The molecule has 0 saturated carbocycles. The van der Waals surface area contributed by atoms with Crippen molar-refractivity contribution in [3.05, 3.63) is 48.5 Å². The van der Waals surface area contributed by atoms with E-state index in [0.29, 0.717) is 12.1 Å². The number of rotatable bonds is 3. The molecular formula is C18H23N5O. The molecule has 2 aromatic rings. The Kier molecular flexibility index (Phi) is 4.66. The predicted octanol–water partition coefficient (Wildman–Crippen LogP) is 1.74. The summed E-state index contributed by atoms with van der Waals surface area (Å²) in [6.07, 6.45) is 9.77. The predicted molar refractivity (Wildman–Crippen MR) is 91.7 cm³/mol. The van der Waals surface area contributed by atoms with Gasteiger partial charge in [0.15, 0.2) is 0 Å². The van der Waals surface area contributed by atoms with Crippen molar-refractivity contribution in [2.24, 2.45) is 0 Å². The van der Waals surface area contributed by atoms with E-state index in [1.165, 1.54) is 5.56 Å². The molecule has 4 rings (SSSR count). The van der Waals surface area contributed by atoms with Crippen molar-refractivity contribution in [3.8, 4) is 0 Å². The van der Waals surface area contributed by atoms with Gasteiger partial charge in [-0.05, 0) is 36.6 Å². The zero-order chi connectivity index (χ0) is 16.2. The summed E-state index contributed by atoms with van der Waals surface area (Å²) in [5.41, 5.74) is 1.32. The Morgan fingerprint density at radius 1 is 1.00 bits per heavy atom. The van der Waals surface area contributed by atoms with Gasteiger partial charge in [0.1, 0.15) is 0 Å². The van der Waals surface area contributed by atoms with Crippen LogP contribution in [0.1, 0.15) is 18.4 Å². The lowest BCUT2D eigenvalue weighted by Gasteiger charge is -2.40. The second kappa shape index (κ2) is 7.23. The summed E-state index contributed by atoms with van der Waals surface area (Å²) in [5, 5.41) is 0. The fourth-order valence-electron chi connectivity index (χ4n) is 3.73. The zero-order valence-electron chi connectivity index (χ0n) is 13.8. The van der Waals surface area contributed by atoms with E-state index in [9.17, 15) is 0 Å². The quantitative estimate of drug-likeness (QED) is 0.857. The van der Waals surface area contributed by atoms with Crippen molar-refractivity contribution < 1.29 is 4.74 Å². The summed E-state index contributed by atoms with van der Waals surface area (Å²) in [6.45, 7) is 4.70. The molecule has 4 heterocycles. The summed E-state index contributed by atoms with van der Waals surface area (Å²) in [7, 11) is 0. The average Bonchev–Trinajstić information content (AvgIpc) is 2.87. The minimum atomic E-state index is 0.300. The SMILES string of the molecule is c1cnc(N2CC[C@@H]3[C@@H](CC2)OCCN3Cc2ccncc2)nc1. The summed E-state index contributed by atoms with van der Waals surface area (Å²) in [6, 6.07) is 6.53. The number of anilines is 1. The highest BCUT2D eigenvalue weighted by Crippen LogP contribution is 2.26. The van der Waals surface area contributed by atoms with E-state index in [0.717, 1.165) is 51.6 Å². The van der Waals surface area contributed by atoms with Crippen LogP contribution in [0.25, 0.3) is 0 Å². The van der Waals surface area contributed by atoms with Gasteiger partial charge in [0, 0.05) is 57.0 Å². The van der Waals surface area contributed by atoms with Gasteiger partial charge in [-0.15, -0.1) is 0 Å². The minimum absolute atomic E-state index is 0.300. The van der Waals surface area contributed by atoms with Crippen molar-refractivity contribution in [2.75, 3.05) is 31.1 Å². The van der Waals surface area contributed by atoms with Crippen LogP contribution in [0.2, 0.25) is 0 Å². The first-order valence-electron chi connectivity index (χ1n) is 8.67. The van der Waals surface area contributed by atoms with Crippen molar-refractivity contribution in [1.82, 2.24) is 19.9 Å². The lowest BCUT2D eigenvalue weighted by atomic mass is 10.0. The number of aromatic nitrogens is 3. The van der Waals surface area contributed by atoms with E-state index in [4.69, 9.17) is 4.74 Å². The number of hydrogen-bond donors (Lipinski definition) is 0. The number of fused-ring (bicyclic) bond motifs is 1. The molecule has 0 N–H and O–H groups in total. The molecule has 0 spiro atoms. The van der Waals surface area contributed by atoms with E-state index >= 15 is 0 Å². The monoisotopic (exact) mass is 325 g/mol. The van der Waals surface area contributed by atoms with E-state index in [2.05, 4.69) is 36.9 Å². The van der Waals surface area contributed by atoms with Gasteiger partial charge >= 0.3 is 0 Å². The topological polar surface area (TPSA) is 54.4 Å². The minimum Gasteiger partial charge on any atom is -0.375 e. The second-order valence-corrected chi connectivity index (χ2v) is 6.42. The molecule has 0 bridgehead atoms. The van der Waals surface area contributed by atoms with Crippen LogP contribution in [0.3, 0.4) is 0 Å². The van der Waals surface area contributed by atoms with E-state index < -0.39 is 0 Å². The number of pyridine rings is 1. The van der Waals surface area contributed by atoms with Crippen LogP contribution in [-0.2, 0) is 11.3 Å². The van der Waals surface area contributed by atoms with Crippen LogP contribution >= 0.6 is 0 Å². The number of hydrogen-bond acceptors (Lipinski definition) is 6. The van der Waals surface area contributed by atoms with Crippen LogP contribution in [0.5, 0.6) is 0 Å². The maximum atomic E-state index is 6.09. The molecule has 0 radical (unpaired) electrons. The third kappa shape index (κ3) is 3.39. The first kappa shape index (κ1) is 15.5. The Morgan fingerprint density at radius 2 is 1.79 bits per heavy atom. The summed E-state index contributed by atoms with van der Waals surface area (Å²) >= 11 is 0. The van der Waals surface area contributed by atoms with Gasteiger partial charge in [-0.3, -0.25) is 9.88 Å². The van der Waals surface area contributed by atoms with Gasteiger partial charge < -0.3 is 9.64 Å². The Morgan fingerprint density at radius 3 is 2.62 bits per heavy atom. The van der Waals surface area contributed by atoms with Gasteiger partial charge in [0.05, 0.1) is 12.7 Å². The third-order valence-electron chi connectivity index (χ3n) is 4.96. The smallest absolute Gasteiger partial charge is 0.225 e. The fraction of sp³-hybridized carbons (Fsp3) is 0.500. The highest BCUT2D eigenvalue weighted by atomic mass is 16.5. The largest absolute Gasteiger partial charge is 0.375 e. The molecule has 2 aliphatic heterocycles. The van der Waals surface area contributed by atoms with Crippen LogP contribution in [0.4, 0.5) is 5.95 Å². The molecule has 126 valence electrons. The number of ether oxygens (including phenoxy) is 1. The Bertz CT molecular complexity index is 638. The van der Waals surface area contributed by atoms with Gasteiger partial charge in [0.25, 0.3) is 0 Å². The number of nitrogens with zero attached hydrogens (tertiary/aromatic N) is 5. The van der Waals surface area contributed by atoms with Gasteiger partial charge in [0.2, 0.25) is 5.95 Å². The van der Waals surface area contributed by atoms with Crippen LogP contribution in [0, 0.1) is 0 Å². The lowest BCUT2D eigenvalue weighted by molar-refractivity contribution is -0.0746. The number of morpholine rings is 1. The molecule has 0 aromatic carbocycles. The average molecular weight is 325 g/mol. The van der Waals surface area contributed by atoms with Gasteiger partial charge in [-0.1, -0.05) is 0 Å². The lowest BCUT2D eigenvalue weighted by Crippen LogP contribution is -2.50. The van der Waals surface area contributed by atoms with Crippen molar-refractivity contribution in [1.29, 1.82) is 0 Å². The van der Waals surface area contributed by atoms with Crippen LogP contribution in [-0.4, -0.2) is 58.2 Å². The molecule has 2 saturated heterocycles. The molecule has 0 aliphatic carbocycles. The Hall–Kier alpha value is -2.05. The highest BCUT2D eigenvalue weighted by Gasteiger charge is 2.35. The molecular weight excluding hydrogens is 302 g/mol. The Balaban J connectivity index is 1.46. The summed E-state index contributed by atoms with van der Waals surface area (Å²) in [5.74, 6) is 0.830. The van der Waals surface area contributed by atoms with E-state index in [-0.39, 0.29) is 0 Å². The first-order chi connectivity index (χ1) is 11.9. The molecule has 2 aliphatic rings. The summed E-state index contributed by atoms with van der Waals surface area (Å²) in [4.78, 5) is 17.8. The van der Waals surface area contributed by atoms with E-state index in [1.807, 2.05) is 30.9 Å². The maximum Gasteiger partial charge on any atom is 0.225 e. The van der Waals surface area contributed by atoms with Crippen LogP contribution in [0.15, 0.2) is 43.0 Å². The van der Waals surface area contributed by atoms with Crippen molar-refractivity contribution in [3.63, 3.8) is 0 Å². The molecule has 6 nitrogen and oxygen atoms in total. The third-order valence-corrected chi connectivity index (χ3v) is 4.96. The molecule has 2 aromatic heterocycles. The van der Waals surface area contributed by atoms with Crippen molar-refractivity contribution in [2.45, 2.75) is 31.5 Å². The van der Waals surface area contributed by atoms with Gasteiger partial charge in [-0.2, -0.15) is 0 Å². The standard InChI is InChI=1S/C18H23N5O/c1-6-20-18(21-7-1)22-10-4-16-17(5-11-22)24-13-12-23(16)14-15-2-8-19-9-3-15/h1-3,6-9,16-17H,4-5,10-14H2/t16-,17-/m1/s1. The van der Waals surface area contributed by atoms with Crippen molar-refractivity contribution >= 4 is 5.95 Å². The van der Waals surface area contributed by atoms with E-state index in [1.54, 1.807) is 0 Å². The summed E-state index contributed by atoms with van der Waals surface area (Å²) < 4.78 is 6.09. The Labute approximate surface area is 142 Å². The second-order valence-electron chi connectivity index (χ2n) is 6.42. The zero-order valence-corrected chi connectivity index (χ0v) is 13.8. The molecule has 6 heteroatoms. The molecule has 0 amide bonds. The van der Waals surface area contributed by atoms with Crippen LogP contribution < -0.4 is 4.90 Å². The normalized spacial score (nSPS) is 25.1. The van der Waals surface area contributed by atoms with Gasteiger partial charge in [-0.25, -0.2) is 9.97 Å². The fourth-order valence-corrected chi connectivity index (χ4v) is 3.73. The molecule has 2 atom stereocenters. The molecule has 24 heavy (non-hydrogen) atoms. The molecule has 0 unspecified atom stereocenters. The highest BCUT2D eigenvalue weighted by molar-refractivity contribution is 5.28. The first-order valence-corrected chi connectivity index (χ1v) is 8.67. The maximum absolute atomic E-state index is 6.09.